The van der Waals surface area contributed by atoms with Gasteiger partial charge >= 0.3 is 0 Å². The molecule has 0 saturated carbocycles. The predicted octanol–water partition coefficient (Wildman–Crippen LogP) is 3.38. The maximum atomic E-state index is 5.80. The van der Waals surface area contributed by atoms with Gasteiger partial charge in [-0.1, -0.05) is 18.2 Å². The highest BCUT2D eigenvalue weighted by Crippen LogP contribution is 2.28. The number of hydrogen-bond donors (Lipinski definition) is 1. The number of nitrogens with two attached hydrogens (primary N) is 1. The van der Waals surface area contributed by atoms with Crippen LogP contribution in [-0.2, 0) is 6.42 Å². The largest absolute Gasteiger partial charge is 0.494 e. The van der Waals surface area contributed by atoms with Crippen LogP contribution in [0.2, 0.25) is 0 Å². The average Bonchev–Trinajstić information content (AvgIpc) is 2.43. The molecule has 2 aromatic carbocycles. The van der Waals surface area contributed by atoms with E-state index in [1.807, 2.05) is 55.5 Å². The van der Waals surface area contributed by atoms with Crippen molar-refractivity contribution in [3.63, 3.8) is 0 Å². The highest BCUT2D eigenvalue weighted by Gasteiger charge is 2.06. The van der Waals surface area contributed by atoms with Gasteiger partial charge in [-0.3, -0.25) is 0 Å². The first-order valence-electron chi connectivity index (χ1n) is 6.52. The summed E-state index contributed by atoms with van der Waals surface area (Å²) >= 11 is 0. The molecule has 0 unspecified atom stereocenters. The van der Waals surface area contributed by atoms with Crippen molar-refractivity contribution in [2.24, 2.45) is 5.73 Å². The van der Waals surface area contributed by atoms with Crippen molar-refractivity contribution < 1.29 is 9.47 Å². The first-order chi connectivity index (χ1) is 9.33. The van der Waals surface area contributed by atoms with Crippen LogP contribution >= 0.6 is 0 Å². The maximum Gasteiger partial charge on any atom is 0.127 e. The number of para-hydroxylation sites is 1. The summed E-state index contributed by atoms with van der Waals surface area (Å²) in [6.45, 7) is 3.21. The molecule has 0 amide bonds. The minimum Gasteiger partial charge on any atom is -0.494 e. The lowest BCUT2D eigenvalue weighted by Crippen LogP contribution is -2.05. The van der Waals surface area contributed by atoms with Crippen molar-refractivity contribution in [1.29, 1.82) is 0 Å². The molecular weight excluding hydrogens is 238 g/mol. The molecule has 0 aliphatic carbocycles. The van der Waals surface area contributed by atoms with Gasteiger partial charge in [-0.25, -0.2) is 0 Å². The van der Waals surface area contributed by atoms with Crippen molar-refractivity contribution in [3.8, 4) is 17.2 Å². The van der Waals surface area contributed by atoms with Gasteiger partial charge in [0.2, 0.25) is 0 Å². The van der Waals surface area contributed by atoms with Crippen LogP contribution in [0.3, 0.4) is 0 Å². The Bertz CT molecular complexity index is 511. The summed E-state index contributed by atoms with van der Waals surface area (Å²) in [5.74, 6) is 2.51. The monoisotopic (exact) mass is 257 g/mol. The SMILES string of the molecule is CCOc1ccc(Oc2ccccc2)cc1CCN. The molecule has 2 N–H and O–H groups in total. The Kier molecular flexibility index (Phi) is 4.81. The quantitative estimate of drug-likeness (QED) is 0.862. The van der Waals surface area contributed by atoms with E-state index in [1.54, 1.807) is 0 Å². The summed E-state index contributed by atoms with van der Waals surface area (Å²) in [6.07, 6.45) is 0.779. The van der Waals surface area contributed by atoms with Crippen LogP contribution in [0.15, 0.2) is 48.5 Å². The second kappa shape index (κ2) is 6.81. The molecule has 2 aromatic rings. The summed E-state index contributed by atoms with van der Waals surface area (Å²) in [4.78, 5) is 0. The zero-order valence-electron chi connectivity index (χ0n) is 11.1. The van der Waals surface area contributed by atoms with Crippen LogP contribution in [-0.4, -0.2) is 13.2 Å². The third-order valence-corrected chi connectivity index (χ3v) is 2.72. The summed E-state index contributed by atoms with van der Waals surface area (Å²) in [6, 6.07) is 15.6. The summed E-state index contributed by atoms with van der Waals surface area (Å²) in [5.41, 5.74) is 6.71. The van der Waals surface area contributed by atoms with E-state index in [0.717, 1.165) is 29.2 Å². The lowest BCUT2D eigenvalue weighted by atomic mass is 10.1. The van der Waals surface area contributed by atoms with Crippen LogP contribution in [0.1, 0.15) is 12.5 Å². The zero-order valence-corrected chi connectivity index (χ0v) is 11.1. The van der Waals surface area contributed by atoms with Crippen molar-refractivity contribution in [1.82, 2.24) is 0 Å². The molecule has 3 heteroatoms. The first-order valence-corrected chi connectivity index (χ1v) is 6.52. The third kappa shape index (κ3) is 3.73. The molecule has 19 heavy (non-hydrogen) atoms. The predicted molar refractivity (Wildman–Crippen MR) is 76.9 cm³/mol. The van der Waals surface area contributed by atoms with Crippen LogP contribution < -0.4 is 15.2 Å². The van der Waals surface area contributed by atoms with E-state index < -0.39 is 0 Å². The fourth-order valence-corrected chi connectivity index (χ4v) is 1.89. The van der Waals surface area contributed by atoms with Crippen LogP contribution in [0.25, 0.3) is 0 Å². The summed E-state index contributed by atoms with van der Waals surface area (Å²) in [7, 11) is 0. The lowest BCUT2D eigenvalue weighted by molar-refractivity contribution is 0.336. The Hall–Kier alpha value is -2.00. The Morgan fingerprint density at radius 2 is 1.79 bits per heavy atom. The fourth-order valence-electron chi connectivity index (χ4n) is 1.89. The highest BCUT2D eigenvalue weighted by molar-refractivity contribution is 5.42. The normalized spacial score (nSPS) is 10.2. The van der Waals surface area contributed by atoms with Crippen LogP contribution in [0, 0.1) is 0 Å². The van der Waals surface area contributed by atoms with Crippen molar-refractivity contribution in [2.75, 3.05) is 13.2 Å². The van der Waals surface area contributed by atoms with Gasteiger partial charge in [-0.05, 0) is 55.8 Å². The van der Waals surface area contributed by atoms with Gasteiger partial charge in [0.25, 0.3) is 0 Å². The third-order valence-electron chi connectivity index (χ3n) is 2.72. The molecule has 0 aliphatic heterocycles. The van der Waals surface area contributed by atoms with E-state index in [0.29, 0.717) is 13.2 Å². The second-order valence-electron chi connectivity index (χ2n) is 4.16. The average molecular weight is 257 g/mol. The number of ether oxygens (including phenoxy) is 2. The molecule has 0 bridgehead atoms. The molecule has 0 radical (unpaired) electrons. The van der Waals surface area contributed by atoms with Crippen LogP contribution in [0.5, 0.6) is 17.2 Å². The number of benzene rings is 2. The zero-order chi connectivity index (χ0) is 13.5. The molecule has 100 valence electrons. The van der Waals surface area contributed by atoms with Gasteiger partial charge in [0.1, 0.15) is 17.2 Å². The van der Waals surface area contributed by atoms with E-state index in [-0.39, 0.29) is 0 Å². The topological polar surface area (TPSA) is 44.5 Å². The van der Waals surface area contributed by atoms with Gasteiger partial charge in [-0.15, -0.1) is 0 Å². The summed E-state index contributed by atoms with van der Waals surface area (Å²) in [5, 5.41) is 0. The summed E-state index contributed by atoms with van der Waals surface area (Å²) < 4.78 is 11.4. The number of hydrogen-bond acceptors (Lipinski definition) is 3. The molecule has 3 nitrogen and oxygen atoms in total. The number of rotatable bonds is 6. The second-order valence-corrected chi connectivity index (χ2v) is 4.16. The van der Waals surface area contributed by atoms with Crippen molar-refractivity contribution >= 4 is 0 Å². The van der Waals surface area contributed by atoms with E-state index >= 15 is 0 Å². The molecular formula is C16H19NO2. The Balaban J connectivity index is 2.20. The standard InChI is InChI=1S/C16H19NO2/c1-2-18-16-9-8-15(12-13(16)10-11-17)19-14-6-4-3-5-7-14/h3-9,12H,2,10-11,17H2,1H3. The van der Waals surface area contributed by atoms with E-state index in [4.69, 9.17) is 15.2 Å². The van der Waals surface area contributed by atoms with Crippen molar-refractivity contribution in [3.05, 3.63) is 54.1 Å². The van der Waals surface area contributed by atoms with Gasteiger partial charge in [0.15, 0.2) is 0 Å². The Morgan fingerprint density at radius 3 is 2.47 bits per heavy atom. The Morgan fingerprint density at radius 1 is 1.00 bits per heavy atom. The van der Waals surface area contributed by atoms with Gasteiger partial charge in [0.05, 0.1) is 6.61 Å². The van der Waals surface area contributed by atoms with Gasteiger partial charge in [-0.2, -0.15) is 0 Å². The Labute approximate surface area is 114 Å². The molecule has 0 aromatic heterocycles. The molecule has 2 rings (SSSR count). The molecule has 0 spiro atoms. The molecule has 0 atom stereocenters. The van der Waals surface area contributed by atoms with Crippen molar-refractivity contribution in [2.45, 2.75) is 13.3 Å². The maximum absolute atomic E-state index is 5.80. The lowest BCUT2D eigenvalue weighted by Gasteiger charge is -2.12. The minimum atomic E-state index is 0.592. The molecule has 0 heterocycles. The van der Waals surface area contributed by atoms with Gasteiger partial charge < -0.3 is 15.2 Å². The van der Waals surface area contributed by atoms with Gasteiger partial charge in [0, 0.05) is 0 Å². The first kappa shape index (κ1) is 13.4. The minimum absolute atomic E-state index is 0.592. The molecule has 0 aliphatic rings. The van der Waals surface area contributed by atoms with Crippen LogP contribution in [0.4, 0.5) is 0 Å². The van der Waals surface area contributed by atoms with E-state index in [2.05, 4.69) is 0 Å². The van der Waals surface area contributed by atoms with E-state index in [9.17, 15) is 0 Å². The van der Waals surface area contributed by atoms with E-state index in [1.165, 1.54) is 0 Å². The smallest absolute Gasteiger partial charge is 0.127 e. The molecule has 0 saturated heterocycles. The fraction of sp³-hybridized carbons (Fsp3) is 0.250. The molecule has 0 fully saturated rings. The highest BCUT2D eigenvalue weighted by atomic mass is 16.5.